The first-order valence-corrected chi connectivity index (χ1v) is 8.43. The molecular formula is C14H16N2O4S. The predicted molar refractivity (Wildman–Crippen MR) is 75.4 cm³/mol. The molecule has 1 amide bonds. The summed E-state index contributed by atoms with van der Waals surface area (Å²) < 4.78 is 23.5. The van der Waals surface area contributed by atoms with Crippen LogP contribution in [-0.4, -0.2) is 37.8 Å². The van der Waals surface area contributed by atoms with Crippen LogP contribution in [0.3, 0.4) is 0 Å². The van der Waals surface area contributed by atoms with Gasteiger partial charge in [0.2, 0.25) is 0 Å². The number of benzene rings is 1. The topological polar surface area (TPSA) is 107 Å². The molecule has 112 valence electrons. The summed E-state index contributed by atoms with van der Waals surface area (Å²) in [7, 11) is -3.57. The van der Waals surface area contributed by atoms with Crippen molar-refractivity contribution in [2.45, 2.75) is 36.3 Å². The van der Waals surface area contributed by atoms with Crippen molar-refractivity contribution in [2.75, 3.05) is 6.26 Å². The maximum Gasteiger partial charge on any atom is 0.252 e. The first kappa shape index (κ1) is 15.5. The van der Waals surface area contributed by atoms with Crippen molar-refractivity contribution >= 4 is 15.7 Å². The van der Waals surface area contributed by atoms with E-state index in [4.69, 9.17) is 5.26 Å². The van der Waals surface area contributed by atoms with Crippen LogP contribution in [0.25, 0.3) is 0 Å². The fourth-order valence-electron chi connectivity index (χ4n) is 2.45. The fraction of sp³-hybridized carbons (Fsp3) is 0.429. The largest absolute Gasteiger partial charge is 0.393 e. The molecule has 2 N–H and O–H groups in total. The van der Waals surface area contributed by atoms with Gasteiger partial charge in [0.25, 0.3) is 5.91 Å². The summed E-state index contributed by atoms with van der Waals surface area (Å²) in [5.74, 6) is -0.536. The van der Waals surface area contributed by atoms with Gasteiger partial charge < -0.3 is 10.4 Å². The smallest absolute Gasteiger partial charge is 0.252 e. The average molecular weight is 308 g/mol. The molecule has 7 heteroatoms. The second kappa shape index (κ2) is 5.84. The van der Waals surface area contributed by atoms with E-state index in [9.17, 15) is 18.3 Å². The third-order valence-corrected chi connectivity index (χ3v) is 4.65. The van der Waals surface area contributed by atoms with Gasteiger partial charge in [0.1, 0.15) is 0 Å². The number of nitrogens with zero attached hydrogens (tertiary/aromatic N) is 1. The number of aliphatic hydroxyl groups excluding tert-OH is 1. The zero-order valence-electron chi connectivity index (χ0n) is 11.5. The number of aliphatic hydroxyl groups is 1. The Balaban J connectivity index is 2.32. The lowest BCUT2D eigenvalue weighted by atomic mass is 10.1. The van der Waals surface area contributed by atoms with Crippen molar-refractivity contribution in [3.05, 3.63) is 29.3 Å². The van der Waals surface area contributed by atoms with Gasteiger partial charge in [-0.3, -0.25) is 4.79 Å². The van der Waals surface area contributed by atoms with Crippen molar-refractivity contribution in [1.82, 2.24) is 5.32 Å². The molecule has 1 aromatic carbocycles. The van der Waals surface area contributed by atoms with Gasteiger partial charge in [-0.2, -0.15) is 5.26 Å². The standard InChI is InChI=1S/C14H16N2O4S/c1-21(19,20)13-5-2-9(8-15)6-12(13)14(18)16-10-3-4-11(17)7-10/h2,5-6,10-11,17H,3-4,7H2,1H3,(H,16,18)/t10-,11-/m0/s1. The second-order valence-electron chi connectivity index (χ2n) is 5.23. The molecule has 2 rings (SSSR count). The van der Waals surface area contributed by atoms with Crippen LogP contribution in [0.15, 0.2) is 23.1 Å². The molecule has 1 aliphatic carbocycles. The molecule has 0 bridgehead atoms. The Kier molecular flexibility index (Phi) is 4.30. The van der Waals surface area contributed by atoms with E-state index in [0.717, 1.165) is 6.26 Å². The van der Waals surface area contributed by atoms with Crippen LogP contribution in [-0.2, 0) is 9.84 Å². The Morgan fingerprint density at radius 1 is 1.43 bits per heavy atom. The zero-order valence-corrected chi connectivity index (χ0v) is 12.4. The molecule has 0 spiro atoms. The van der Waals surface area contributed by atoms with Crippen molar-refractivity contribution in [3.8, 4) is 6.07 Å². The molecule has 0 unspecified atom stereocenters. The molecule has 6 nitrogen and oxygen atoms in total. The van der Waals surface area contributed by atoms with Gasteiger partial charge >= 0.3 is 0 Å². The number of nitrogens with one attached hydrogen (secondary N) is 1. The van der Waals surface area contributed by atoms with Crippen molar-refractivity contribution < 1.29 is 18.3 Å². The molecule has 0 heterocycles. The molecule has 0 saturated heterocycles. The highest BCUT2D eigenvalue weighted by molar-refractivity contribution is 7.90. The van der Waals surface area contributed by atoms with Gasteiger partial charge in [-0.25, -0.2) is 8.42 Å². The summed E-state index contributed by atoms with van der Waals surface area (Å²) in [6, 6.07) is 5.62. The SMILES string of the molecule is CS(=O)(=O)c1ccc(C#N)cc1C(=O)N[C@H]1CC[C@H](O)C1. The van der Waals surface area contributed by atoms with E-state index in [1.165, 1.54) is 18.2 Å². The third-order valence-electron chi connectivity index (χ3n) is 3.49. The number of sulfone groups is 1. The van der Waals surface area contributed by atoms with E-state index in [1.54, 1.807) is 0 Å². The number of nitriles is 1. The minimum Gasteiger partial charge on any atom is -0.393 e. The Hall–Kier alpha value is -1.91. The quantitative estimate of drug-likeness (QED) is 0.850. The fourth-order valence-corrected chi connectivity index (χ4v) is 3.32. The monoisotopic (exact) mass is 308 g/mol. The number of carbonyl (C=O) groups excluding carboxylic acids is 1. The summed E-state index contributed by atoms with van der Waals surface area (Å²) in [5.41, 5.74) is 0.192. The molecule has 0 aliphatic heterocycles. The molecule has 21 heavy (non-hydrogen) atoms. The van der Waals surface area contributed by atoms with E-state index >= 15 is 0 Å². The van der Waals surface area contributed by atoms with E-state index in [0.29, 0.717) is 19.3 Å². The zero-order chi connectivity index (χ0) is 15.6. The summed E-state index contributed by atoms with van der Waals surface area (Å²) in [6.45, 7) is 0. The highest BCUT2D eigenvalue weighted by atomic mass is 32.2. The molecule has 1 fully saturated rings. The molecule has 1 aliphatic rings. The van der Waals surface area contributed by atoms with Gasteiger partial charge in [0, 0.05) is 12.3 Å². The Bertz CT molecular complexity index is 706. The number of carbonyl (C=O) groups is 1. The maximum absolute atomic E-state index is 12.3. The molecule has 1 saturated carbocycles. The maximum atomic E-state index is 12.3. The number of hydrogen-bond acceptors (Lipinski definition) is 5. The van der Waals surface area contributed by atoms with Gasteiger partial charge in [-0.15, -0.1) is 0 Å². The van der Waals surface area contributed by atoms with Gasteiger partial charge in [0.15, 0.2) is 9.84 Å². The van der Waals surface area contributed by atoms with E-state index in [-0.39, 0.29) is 22.1 Å². The van der Waals surface area contributed by atoms with Gasteiger partial charge in [0.05, 0.1) is 28.2 Å². The first-order chi connectivity index (χ1) is 9.81. The first-order valence-electron chi connectivity index (χ1n) is 6.54. The Morgan fingerprint density at radius 3 is 2.67 bits per heavy atom. The van der Waals surface area contributed by atoms with Crippen molar-refractivity contribution in [3.63, 3.8) is 0 Å². The number of hydrogen-bond donors (Lipinski definition) is 2. The lowest BCUT2D eigenvalue weighted by molar-refractivity contribution is 0.0930. The van der Waals surface area contributed by atoms with Crippen LogP contribution in [0.2, 0.25) is 0 Å². The Morgan fingerprint density at radius 2 is 2.14 bits per heavy atom. The number of rotatable bonds is 3. The van der Waals surface area contributed by atoms with Crippen LogP contribution in [0.4, 0.5) is 0 Å². The minimum atomic E-state index is -3.57. The van der Waals surface area contributed by atoms with Gasteiger partial charge in [-0.05, 0) is 37.5 Å². The number of amides is 1. The van der Waals surface area contributed by atoms with E-state index in [2.05, 4.69) is 5.32 Å². The summed E-state index contributed by atoms with van der Waals surface area (Å²) in [6.07, 6.45) is 2.30. The minimum absolute atomic E-state index is 0.0297. The van der Waals surface area contributed by atoms with Crippen LogP contribution in [0.5, 0.6) is 0 Å². The Labute approximate surface area is 123 Å². The average Bonchev–Trinajstić information content (AvgIpc) is 2.82. The molecule has 1 aromatic rings. The molecule has 2 atom stereocenters. The highest BCUT2D eigenvalue weighted by Crippen LogP contribution is 2.21. The van der Waals surface area contributed by atoms with E-state index < -0.39 is 21.8 Å². The molecule has 0 radical (unpaired) electrons. The summed E-state index contributed by atoms with van der Waals surface area (Å²) >= 11 is 0. The van der Waals surface area contributed by atoms with Crippen LogP contribution in [0, 0.1) is 11.3 Å². The van der Waals surface area contributed by atoms with Crippen molar-refractivity contribution in [1.29, 1.82) is 5.26 Å². The van der Waals surface area contributed by atoms with Crippen LogP contribution in [0.1, 0.15) is 35.2 Å². The summed E-state index contributed by atoms with van der Waals surface area (Å²) in [5, 5.41) is 21.1. The normalized spacial score (nSPS) is 21.8. The molecule has 0 aromatic heterocycles. The van der Waals surface area contributed by atoms with Crippen molar-refractivity contribution in [2.24, 2.45) is 0 Å². The second-order valence-corrected chi connectivity index (χ2v) is 7.22. The lowest BCUT2D eigenvalue weighted by Gasteiger charge is -2.14. The predicted octanol–water partition coefficient (Wildman–Crippen LogP) is 0.605. The van der Waals surface area contributed by atoms with Gasteiger partial charge in [-0.1, -0.05) is 0 Å². The summed E-state index contributed by atoms with van der Waals surface area (Å²) in [4.78, 5) is 12.2. The lowest BCUT2D eigenvalue weighted by Crippen LogP contribution is -2.34. The third kappa shape index (κ3) is 3.60. The van der Waals surface area contributed by atoms with Crippen LogP contribution < -0.4 is 5.32 Å². The molecular weight excluding hydrogens is 292 g/mol. The van der Waals surface area contributed by atoms with E-state index in [1.807, 2.05) is 6.07 Å². The highest BCUT2D eigenvalue weighted by Gasteiger charge is 2.26. The van der Waals surface area contributed by atoms with Crippen LogP contribution >= 0.6 is 0 Å².